The fourth-order valence-electron chi connectivity index (χ4n) is 4.33. The molecule has 1 amide bonds. The number of hydrogen-bond acceptors (Lipinski definition) is 4. The maximum Gasteiger partial charge on any atom is 0.354 e. The first kappa shape index (κ1) is 18.0. The SMILES string of the molecule is CCOC(=O)c1cc2cc(C(=O)N3CCN(C4CCCC4)CC3)ccc2[nH]1. The average Bonchev–Trinajstić information content (AvgIpc) is 3.37. The minimum atomic E-state index is -0.371. The minimum Gasteiger partial charge on any atom is -0.461 e. The van der Waals surface area contributed by atoms with E-state index in [1.54, 1.807) is 13.0 Å². The first-order chi connectivity index (χ1) is 13.2. The number of aromatic amines is 1. The summed E-state index contributed by atoms with van der Waals surface area (Å²) in [4.78, 5) is 32.4. The minimum absolute atomic E-state index is 0.0712. The van der Waals surface area contributed by atoms with Crippen LogP contribution in [-0.4, -0.2) is 65.5 Å². The molecule has 0 atom stereocenters. The lowest BCUT2D eigenvalue weighted by Gasteiger charge is -2.38. The number of amides is 1. The van der Waals surface area contributed by atoms with Crippen LogP contribution in [0.25, 0.3) is 10.9 Å². The number of benzene rings is 1. The van der Waals surface area contributed by atoms with Crippen LogP contribution < -0.4 is 0 Å². The summed E-state index contributed by atoms with van der Waals surface area (Å²) in [6, 6.07) is 8.03. The molecule has 2 heterocycles. The summed E-state index contributed by atoms with van der Waals surface area (Å²) in [5.74, 6) is -0.300. The van der Waals surface area contributed by atoms with E-state index in [4.69, 9.17) is 4.74 Å². The van der Waals surface area contributed by atoms with Crippen molar-refractivity contribution in [3.8, 4) is 0 Å². The second kappa shape index (κ2) is 7.72. The van der Waals surface area contributed by atoms with E-state index in [0.717, 1.165) is 43.1 Å². The van der Waals surface area contributed by atoms with Gasteiger partial charge in [0.2, 0.25) is 0 Å². The van der Waals surface area contributed by atoms with Crippen molar-refractivity contribution in [3.05, 3.63) is 35.5 Å². The van der Waals surface area contributed by atoms with E-state index in [1.165, 1.54) is 25.7 Å². The zero-order valence-corrected chi connectivity index (χ0v) is 15.9. The number of piperazine rings is 1. The predicted octanol–water partition coefficient (Wildman–Crippen LogP) is 3.05. The van der Waals surface area contributed by atoms with E-state index in [9.17, 15) is 9.59 Å². The molecule has 1 saturated heterocycles. The van der Waals surface area contributed by atoms with Gasteiger partial charge in [-0.05, 0) is 44.0 Å². The molecule has 27 heavy (non-hydrogen) atoms. The van der Waals surface area contributed by atoms with Crippen LogP contribution in [-0.2, 0) is 4.74 Å². The molecule has 1 saturated carbocycles. The Morgan fingerprint density at radius 1 is 1.11 bits per heavy atom. The predicted molar refractivity (Wildman–Crippen MR) is 104 cm³/mol. The largest absolute Gasteiger partial charge is 0.461 e. The Balaban J connectivity index is 1.44. The number of ether oxygens (including phenoxy) is 1. The van der Waals surface area contributed by atoms with Gasteiger partial charge in [0, 0.05) is 48.7 Å². The first-order valence-electron chi connectivity index (χ1n) is 9.99. The van der Waals surface area contributed by atoms with Crippen molar-refractivity contribution in [3.63, 3.8) is 0 Å². The number of H-pyrrole nitrogens is 1. The van der Waals surface area contributed by atoms with Crippen LogP contribution >= 0.6 is 0 Å². The average molecular weight is 369 g/mol. The van der Waals surface area contributed by atoms with Crippen molar-refractivity contribution in [2.45, 2.75) is 38.6 Å². The van der Waals surface area contributed by atoms with Gasteiger partial charge in [0.05, 0.1) is 6.61 Å². The molecule has 2 aromatic rings. The van der Waals surface area contributed by atoms with Crippen LogP contribution in [0.3, 0.4) is 0 Å². The zero-order valence-electron chi connectivity index (χ0n) is 15.9. The quantitative estimate of drug-likeness (QED) is 0.842. The van der Waals surface area contributed by atoms with Crippen molar-refractivity contribution < 1.29 is 14.3 Å². The van der Waals surface area contributed by atoms with Crippen LogP contribution in [0.1, 0.15) is 53.5 Å². The highest BCUT2D eigenvalue weighted by atomic mass is 16.5. The summed E-state index contributed by atoms with van der Waals surface area (Å²) in [7, 11) is 0. The summed E-state index contributed by atoms with van der Waals surface area (Å²) >= 11 is 0. The fraction of sp³-hybridized carbons (Fsp3) is 0.524. The van der Waals surface area contributed by atoms with Gasteiger partial charge < -0.3 is 14.6 Å². The number of rotatable bonds is 4. The summed E-state index contributed by atoms with van der Waals surface area (Å²) in [5, 5.41) is 0.855. The third-order valence-corrected chi connectivity index (χ3v) is 5.81. The number of aromatic nitrogens is 1. The molecular formula is C21H27N3O3. The highest BCUT2D eigenvalue weighted by Gasteiger charge is 2.28. The van der Waals surface area contributed by atoms with Gasteiger partial charge in [0.1, 0.15) is 5.69 Å². The molecular weight excluding hydrogens is 342 g/mol. The molecule has 4 rings (SSSR count). The van der Waals surface area contributed by atoms with Crippen molar-refractivity contribution in [1.29, 1.82) is 0 Å². The Morgan fingerprint density at radius 2 is 1.85 bits per heavy atom. The normalized spacial score (nSPS) is 18.9. The number of carbonyl (C=O) groups excluding carboxylic acids is 2. The van der Waals surface area contributed by atoms with Crippen LogP contribution in [0.5, 0.6) is 0 Å². The topological polar surface area (TPSA) is 65.6 Å². The number of esters is 1. The third kappa shape index (κ3) is 3.72. The summed E-state index contributed by atoms with van der Waals surface area (Å²) in [5.41, 5.74) is 1.92. The van der Waals surface area contributed by atoms with E-state index in [1.807, 2.05) is 23.1 Å². The Labute approximate surface area is 159 Å². The monoisotopic (exact) mass is 369 g/mol. The fourth-order valence-corrected chi connectivity index (χ4v) is 4.33. The number of nitrogens with zero attached hydrogens (tertiary/aromatic N) is 2. The van der Waals surface area contributed by atoms with E-state index >= 15 is 0 Å². The van der Waals surface area contributed by atoms with Crippen molar-refractivity contribution in [1.82, 2.24) is 14.8 Å². The number of nitrogens with one attached hydrogen (secondary N) is 1. The van der Waals surface area contributed by atoms with E-state index in [-0.39, 0.29) is 11.9 Å². The summed E-state index contributed by atoms with van der Waals surface area (Å²) in [6.45, 7) is 5.63. The van der Waals surface area contributed by atoms with E-state index < -0.39 is 0 Å². The Kier molecular flexibility index (Phi) is 5.16. The number of carbonyl (C=O) groups is 2. The second-order valence-corrected chi connectivity index (χ2v) is 7.47. The van der Waals surface area contributed by atoms with Gasteiger partial charge in [-0.1, -0.05) is 12.8 Å². The molecule has 1 aliphatic carbocycles. The molecule has 0 unspecified atom stereocenters. The van der Waals surface area contributed by atoms with Crippen LogP contribution in [0.15, 0.2) is 24.3 Å². The molecule has 6 nitrogen and oxygen atoms in total. The van der Waals surface area contributed by atoms with Gasteiger partial charge in [-0.3, -0.25) is 9.69 Å². The molecule has 6 heteroatoms. The standard InChI is InChI=1S/C21H27N3O3/c1-2-27-21(26)19-14-16-13-15(7-8-18(16)22-19)20(25)24-11-9-23(10-12-24)17-5-3-4-6-17/h7-8,13-14,17,22H,2-6,9-12H2,1H3. The van der Waals surface area contributed by atoms with Crippen LogP contribution in [0, 0.1) is 0 Å². The third-order valence-electron chi connectivity index (χ3n) is 5.81. The molecule has 1 N–H and O–H groups in total. The van der Waals surface area contributed by atoms with Crippen molar-refractivity contribution >= 4 is 22.8 Å². The lowest BCUT2D eigenvalue weighted by Crippen LogP contribution is -2.51. The van der Waals surface area contributed by atoms with Crippen LogP contribution in [0.2, 0.25) is 0 Å². The summed E-state index contributed by atoms with van der Waals surface area (Å²) in [6.07, 6.45) is 5.30. The van der Waals surface area contributed by atoms with Gasteiger partial charge in [-0.15, -0.1) is 0 Å². The van der Waals surface area contributed by atoms with Gasteiger partial charge in [-0.25, -0.2) is 4.79 Å². The molecule has 0 bridgehead atoms. The van der Waals surface area contributed by atoms with Gasteiger partial charge in [-0.2, -0.15) is 0 Å². The smallest absolute Gasteiger partial charge is 0.354 e. The molecule has 2 aliphatic rings. The number of hydrogen-bond donors (Lipinski definition) is 1. The maximum absolute atomic E-state index is 12.9. The maximum atomic E-state index is 12.9. The highest BCUT2D eigenvalue weighted by molar-refractivity contribution is 6.00. The van der Waals surface area contributed by atoms with E-state index in [2.05, 4.69) is 9.88 Å². The zero-order chi connectivity index (χ0) is 18.8. The molecule has 1 aromatic heterocycles. The second-order valence-electron chi connectivity index (χ2n) is 7.47. The molecule has 1 aliphatic heterocycles. The summed E-state index contributed by atoms with van der Waals surface area (Å²) < 4.78 is 5.03. The molecule has 2 fully saturated rings. The van der Waals surface area contributed by atoms with Crippen LogP contribution in [0.4, 0.5) is 0 Å². The Hall–Kier alpha value is -2.34. The lowest BCUT2D eigenvalue weighted by molar-refractivity contribution is 0.0519. The molecule has 1 aromatic carbocycles. The Morgan fingerprint density at radius 3 is 2.56 bits per heavy atom. The highest BCUT2D eigenvalue weighted by Crippen LogP contribution is 2.25. The Bertz CT molecular complexity index is 830. The van der Waals surface area contributed by atoms with Gasteiger partial charge in [0.25, 0.3) is 5.91 Å². The lowest BCUT2D eigenvalue weighted by atomic mass is 10.1. The van der Waals surface area contributed by atoms with Gasteiger partial charge >= 0.3 is 5.97 Å². The first-order valence-corrected chi connectivity index (χ1v) is 9.99. The van der Waals surface area contributed by atoms with Crippen molar-refractivity contribution in [2.75, 3.05) is 32.8 Å². The number of fused-ring (bicyclic) bond motifs is 1. The van der Waals surface area contributed by atoms with Crippen molar-refractivity contribution in [2.24, 2.45) is 0 Å². The van der Waals surface area contributed by atoms with E-state index in [0.29, 0.717) is 17.9 Å². The molecule has 0 radical (unpaired) electrons. The van der Waals surface area contributed by atoms with Gasteiger partial charge in [0.15, 0.2) is 0 Å². The molecule has 0 spiro atoms. The molecule has 144 valence electrons.